The van der Waals surface area contributed by atoms with Crippen LogP contribution in [0.25, 0.3) is 10.2 Å². The van der Waals surface area contributed by atoms with Crippen LogP contribution in [0.3, 0.4) is 0 Å². The Morgan fingerprint density at radius 2 is 2.05 bits per heavy atom. The fourth-order valence-electron chi connectivity index (χ4n) is 2.99. The zero-order valence-electron chi connectivity index (χ0n) is 12.0. The van der Waals surface area contributed by atoms with Crippen molar-refractivity contribution in [2.45, 2.75) is 32.7 Å². The molecular formula is C13H16N2O3S3. The van der Waals surface area contributed by atoms with E-state index in [2.05, 4.69) is 4.98 Å². The fraction of sp³-hybridized carbons (Fsp3) is 0.538. The van der Waals surface area contributed by atoms with Gasteiger partial charge >= 0.3 is 0 Å². The summed E-state index contributed by atoms with van der Waals surface area (Å²) in [7, 11) is -3.11. The Morgan fingerprint density at radius 1 is 1.38 bits per heavy atom. The Labute approximate surface area is 131 Å². The van der Waals surface area contributed by atoms with Gasteiger partial charge in [-0.15, -0.1) is 11.3 Å². The number of nitrogens with one attached hydrogen (secondary N) is 1. The molecule has 5 nitrogen and oxygen atoms in total. The lowest BCUT2D eigenvalue weighted by Crippen LogP contribution is -2.40. The van der Waals surface area contributed by atoms with E-state index in [1.807, 2.05) is 13.8 Å². The molecule has 114 valence electrons. The van der Waals surface area contributed by atoms with Gasteiger partial charge in [0.1, 0.15) is 4.83 Å². The summed E-state index contributed by atoms with van der Waals surface area (Å²) in [5.74, 6) is 0.0649. The van der Waals surface area contributed by atoms with Gasteiger partial charge in [0.25, 0.3) is 5.56 Å². The molecule has 8 heteroatoms. The van der Waals surface area contributed by atoms with Crippen molar-refractivity contribution in [1.29, 1.82) is 0 Å². The van der Waals surface area contributed by atoms with Crippen LogP contribution in [0.4, 0.5) is 0 Å². The lowest BCUT2D eigenvalue weighted by Gasteiger charge is -2.25. The molecule has 0 spiro atoms. The predicted octanol–water partition coefficient (Wildman–Crippen LogP) is 2.27. The van der Waals surface area contributed by atoms with Gasteiger partial charge < -0.3 is 4.98 Å². The summed E-state index contributed by atoms with van der Waals surface area (Å²) >= 11 is 6.83. The molecule has 3 heterocycles. The minimum absolute atomic E-state index is 0.0366. The maximum Gasteiger partial charge on any atom is 0.263 e. The quantitative estimate of drug-likeness (QED) is 0.806. The van der Waals surface area contributed by atoms with E-state index in [9.17, 15) is 13.2 Å². The second-order valence-corrected chi connectivity index (χ2v) is 9.69. The Balaban J connectivity index is 2.37. The van der Waals surface area contributed by atoms with Crippen molar-refractivity contribution in [2.24, 2.45) is 0 Å². The van der Waals surface area contributed by atoms with Crippen molar-refractivity contribution in [3.63, 3.8) is 0 Å². The highest BCUT2D eigenvalue weighted by Crippen LogP contribution is 2.32. The molecule has 0 aromatic carbocycles. The summed E-state index contributed by atoms with van der Waals surface area (Å²) in [6.07, 6.45) is 0.417. The van der Waals surface area contributed by atoms with Crippen LogP contribution in [0, 0.1) is 18.6 Å². The van der Waals surface area contributed by atoms with Crippen LogP contribution in [0.15, 0.2) is 4.79 Å². The highest BCUT2D eigenvalue weighted by atomic mass is 32.2. The standard InChI is InChI=1S/C13H16N2O3S3/c1-7-8(2)20-10-9(7)11(16)15(12(19)14-10)13(3)4-5-21(17,18)6-13/h4-6H2,1-3H3,(H,14,19). The van der Waals surface area contributed by atoms with Crippen molar-refractivity contribution in [3.05, 3.63) is 25.6 Å². The van der Waals surface area contributed by atoms with Gasteiger partial charge in [0.05, 0.1) is 22.4 Å². The Kier molecular flexibility index (Phi) is 3.20. The van der Waals surface area contributed by atoms with Crippen molar-refractivity contribution < 1.29 is 8.42 Å². The first-order chi connectivity index (χ1) is 9.65. The second-order valence-electron chi connectivity index (χ2n) is 5.90. The number of aromatic amines is 1. The number of hydrogen-bond acceptors (Lipinski definition) is 5. The number of aryl methyl sites for hydroxylation is 2. The van der Waals surface area contributed by atoms with Crippen molar-refractivity contribution in [2.75, 3.05) is 11.5 Å². The van der Waals surface area contributed by atoms with E-state index in [0.717, 1.165) is 15.3 Å². The lowest BCUT2D eigenvalue weighted by molar-refractivity contribution is 0.348. The average molecular weight is 344 g/mol. The number of rotatable bonds is 1. The number of aromatic nitrogens is 2. The van der Waals surface area contributed by atoms with E-state index in [1.165, 1.54) is 15.9 Å². The highest BCUT2D eigenvalue weighted by molar-refractivity contribution is 7.91. The minimum Gasteiger partial charge on any atom is -0.323 e. The smallest absolute Gasteiger partial charge is 0.263 e. The molecule has 1 saturated heterocycles. The zero-order valence-corrected chi connectivity index (χ0v) is 14.5. The van der Waals surface area contributed by atoms with Crippen molar-refractivity contribution >= 4 is 43.6 Å². The molecule has 3 rings (SSSR count). The SMILES string of the molecule is Cc1sc2[nH]c(=S)n(C3(C)CCS(=O)(=O)C3)c(=O)c2c1C. The molecule has 1 unspecified atom stereocenters. The predicted molar refractivity (Wildman–Crippen MR) is 87.7 cm³/mol. The minimum atomic E-state index is -3.11. The summed E-state index contributed by atoms with van der Waals surface area (Å²) in [4.78, 5) is 17.8. The zero-order chi connectivity index (χ0) is 15.6. The summed E-state index contributed by atoms with van der Waals surface area (Å²) in [5, 5.41) is 0.622. The third kappa shape index (κ3) is 2.20. The molecule has 0 saturated carbocycles. The van der Waals surface area contributed by atoms with Gasteiger partial charge in [-0.2, -0.15) is 0 Å². The van der Waals surface area contributed by atoms with Crippen LogP contribution in [0.1, 0.15) is 23.8 Å². The van der Waals surface area contributed by atoms with Crippen LogP contribution in [0.5, 0.6) is 0 Å². The largest absolute Gasteiger partial charge is 0.323 e. The van der Waals surface area contributed by atoms with Crippen LogP contribution in [-0.2, 0) is 15.4 Å². The van der Waals surface area contributed by atoms with E-state index in [1.54, 1.807) is 6.92 Å². The van der Waals surface area contributed by atoms with Gasteiger partial charge in [0.2, 0.25) is 0 Å². The molecule has 0 radical (unpaired) electrons. The van der Waals surface area contributed by atoms with Crippen molar-refractivity contribution in [1.82, 2.24) is 9.55 Å². The van der Waals surface area contributed by atoms with Gasteiger partial charge in [-0.3, -0.25) is 9.36 Å². The van der Waals surface area contributed by atoms with Gasteiger partial charge in [-0.25, -0.2) is 8.42 Å². The molecule has 2 aromatic heterocycles. The molecule has 2 aromatic rings. The molecule has 0 amide bonds. The molecule has 0 bridgehead atoms. The first-order valence-electron chi connectivity index (χ1n) is 6.61. The topological polar surface area (TPSA) is 71.9 Å². The third-order valence-corrected chi connectivity index (χ3v) is 7.54. The third-order valence-electron chi connectivity index (χ3n) is 4.25. The number of nitrogens with zero attached hydrogens (tertiary/aromatic N) is 1. The fourth-order valence-corrected chi connectivity index (χ4v) is 6.63. The number of H-pyrrole nitrogens is 1. The summed E-state index contributed by atoms with van der Waals surface area (Å²) in [6, 6.07) is 0. The van der Waals surface area contributed by atoms with Gasteiger partial charge in [-0.05, 0) is 45.0 Å². The Bertz CT molecular complexity index is 965. The Morgan fingerprint density at radius 3 is 2.62 bits per heavy atom. The van der Waals surface area contributed by atoms with Crippen LogP contribution < -0.4 is 5.56 Å². The Hall–Kier alpha value is -0.990. The van der Waals surface area contributed by atoms with E-state index < -0.39 is 15.4 Å². The summed E-state index contributed by atoms with van der Waals surface area (Å²) in [5.41, 5.74) is -0.0142. The molecule has 0 aliphatic carbocycles. The molecule has 1 atom stereocenters. The van der Waals surface area contributed by atoms with Gasteiger partial charge in [0, 0.05) is 4.88 Å². The molecule has 1 fully saturated rings. The van der Waals surface area contributed by atoms with Crippen LogP contribution in [-0.4, -0.2) is 29.5 Å². The number of fused-ring (bicyclic) bond motifs is 1. The number of thiophene rings is 1. The molecular weight excluding hydrogens is 328 g/mol. The number of sulfone groups is 1. The summed E-state index contributed by atoms with van der Waals surface area (Å²) in [6.45, 7) is 5.66. The van der Waals surface area contributed by atoms with Gasteiger partial charge in [0.15, 0.2) is 14.6 Å². The van der Waals surface area contributed by atoms with Crippen molar-refractivity contribution in [3.8, 4) is 0 Å². The number of hydrogen-bond donors (Lipinski definition) is 1. The van der Waals surface area contributed by atoms with Crippen LogP contribution in [0.2, 0.25) is 0 Å². The normalized spacial score (nSPS) is 24.7. The first-order valence-corrected chi connectivity index (χ1v) is 9.65. The highest BCUT2D eigenvalue weighted by Gasteiger charge is 2.41. The monoisotopic (exact) mass is 344 g/mol. The molecule has 21 heavy (non-hydrogen) atoms. The van der Waals surface area contributed by atoms with Gasteiger partial charge in [-0.1, -0.05) is 0 Å². The lowest BCUT2D eigenvalue weighted by atomic mass is 10.0. The summed E-state index contributed by atoms with van der Waals surface area (Å²) < 4.78 is 25.4. The molecule has 1 N–H and O–H groups in total. The van der Waals surface area contributed by atoms with E-state index in [-0.39, 0.29) is 17.1 Å². The van der Waals surface area contributed by atoms with E-state index >= 15 is 0 Å². The first kappa shape index (κ1) is 14.9. The maximum atomic E-state index is 12.9. The van der Waals surface area contributed by atoms with Crippen LogP contribution >= 0.6 is 23.6 Å². The average Bonchev–Trinajstić information content (AvgIpc) is 2.77. The molecule has 1 aliphatic rings. The second kappa shape index (κ2) is 4.50. The van der Waals surface area contributed by atoms with E-state index in [0.29, 0.717) is 16.6 Å². The van der Waals surface area contributed by atoms with E-state index in [4.69, 9.17) is 12.2 Å². The molecule has 1 aliphatic heterocycles. The maximum absolute atomic E-state index is 12.9.